The van der Waals surface area contributed by atoms with E-state index in [1.807, 2.05) is 163 Å². The molecule has 4 heterocycles. The smallest absolute Gasteiger partial charge is 0.346 e. The van der Waals surface area contributed by atoms with E-state index in [0.717, 1.165) is 70.6 Å². The van der Waals surface area contributed by atoms with Crippen molar-refractivity contribution in [2.75, 3.05) is 33.5 Å². The molecular weight excluding hydrogens is 1820 g/mol. The number of carbonyl (C=O) groups excluding carboxylic acids is 11. The molecule has 3 aromatic carbocycles. The van der Waals surface area contributed by atoms with Gasteiger partial charge in [0.15, 0.2) is 37.4 Å². The van der Waals surface area contributed by atoms with Crippen LogP contribution in [0.2, 0.25) is 0 Å². The summed E-state index contributed by atoms with van der Waals surface area (Å²) in [6.45, 7) is 58.8. The number of hydrogen-bond acceptors (Lipinski definition) is 30. The lowest BCUT2D eigenvalue weighted by Gasteiger charge is -2.39. The SMILES string of the molecule is CCC(C)(C)C(=O)OC(OC(C)C)C(C)C.CCC(C)(C)C(=O)OC1C2CC3C(=O)OC1C3O2.CCC(C)(C)C(=O)OCC(=O)O.CCC(C)(C)C(=O)OCC(=O)OC(OC)C1(C)CCCCC1.CCC(C)(C)C(=O)Oc1ccc(O)cc1.CCC(C)c1ccc(O)cc1.CCC(C)c1ccc(O)cc1.CCOC(OC(=O)C12CC3CC1C(OC2=O)C3OC(=O)COC(=O)C(C)(C)CC)C(CC)(CC)CC. The molecule has 4 N–H and O–H groups in total. The second kappa shape index (κ2) is 56.7. The Labute approximate surface area is 839 Å². The van der Waals surface area contributed by atoms with Gasteiger partial charge in [0.2, 0.25) is 18.9 Å². The number of carbonyl (C=O) groups is 12. The molecule has 800 valence electrons. The molecule has 7 aliphatic rings. The highest BCUT2D eigenvalue weighted by Gasteiger charge is 2.76. The van der Waals surface area contributed by atoms with Gasteiger partial charge in [0, 0.05) is 42.3 Å². The van der Waals surface area contributed by atoms with E-state index in [2.05, 4.69) is 39.4 Å². The molecule has 31 heteroatoms. The van der Waals surface area contributed by atoms with Crippen molar-refractivity contribution in [2.45, 2.75) is 410 Å². The molecule has 4 aliphatic heterocycles. The zero-order chi connectivity index (χ0) is 107. The Morgan fingerprint density at radius 2 is 0.894 bits per heavy atom. The molecule has 31 nitrogen and oxygen atoms in total. The Hall–Kier alpha value is -9.46. The van der Waals surface area contributed by atoms with Crippen molar-refractivity contribution in [3.8, 4) is 23.0 Å². The number of carboxylic acids is 1. The maximum Gasteiger partial charge on any atom is 0.346 e. The van der Waals surface area contributed by atoms with Crippen molar-refractivity contribution in [1.29, 1.82) is 0 Å². The molecule has 141 heavy (non-hydrogen) atoms. The molecular formula is C110H174O31. The van der Waals surface area contributed by atoms with Crippen LogP contribution in [0.1, 0.15) is 360 Å². The molecule has 4 bridgehead atoms. The van der Waals surface area contributed by atoms with Gasteiger partial charge in [-0.1, -0.05) is 154 Å². The first-order valence-electron chi connectivity index (χ1n) is 50.9. The number of aliphatic carboxylic acids is 1. The molecule has 15 atom stereocenters. The van der Waals surface area contributed by atoms with Crippen molar-refractivity contribution in [1.82, 2.24) is 0 Å². The Kier molecular flexibility index (Phi) is 50.6. The number of aromatic hydroxyl groups is 3. The molecule has 3 aliphatic carbocycles. The van der Waals surface area contributed by atoms with Crippen LogP contribution < -0.4 is 4.74 Å². The summed E-state index contributed by atoms with van der Waals surface area (Å²) in [7, 11) is 1.55. The van der Waals surface area contributed by atoms with Gasteiger partial charge in [0.25, 0.3) is 0 Å². The number of carboxylic acid groups (broad SMARTS) is 1. The normalized spacial score (nSPS) is 21.6. The van der Waals surface area contributed by atoms with E-state index in [4.69, 9.17) is 86.7 Å². The van der Waals surface area contributed by atoms with Crippen LogP contribution in [-0.4, -0.2) is 187 Å². The van der Waals surface area contributed by atoms with Gasteiger partial charge in [0.1, 0.15) is 41.3 Å². The second-order valence-electron chi connectivity index (χ2n) is 42.7. The monoisotopic (exact) mass is 1990 g/mol. The van der Waals surface area contributed by atoms with Crippen LogP contribution in [0, 0.1) is 72.4 Å². The summed E-state index contributed by atoms with van der Waals surface area (Å²) in [5.41, 5.74) is -2.60. The number of ether oxygens (including phenoxy) is 15. The third-order valence-corrected chi connectivity index (χ3v) is 29.3. The van der Waals surface area contributed by atoms with Crippen LogP contribution in [-0.2, 0) is 124 Å². The molecule has 4 saturated heterocycles. The maximum absolute atomic E-state index is 13.6. The standard InChI is InChI=1S/C27H42O9.C17H30O5.C13H18O5.C13H26O3.C12H16O3.2C10H14O.C8H14O4/c1-8-25(6,7)21(29)33-15-18(28)34-19-16-13-17-20(19)35-22(30)27(17,14-16)23(31)36-24(32-12-5)26(9-2,10-3)11-4;1-6-16(2,3)14(19)21-12-13(18)22-15(20-5)17(4)10-8-7-9-11-17;1-4-13(2,3)12(15)18-9-7-5-6-8(16-7)10(9)17-11(6)14;1-8-13(6,7)12(14)16-11(9(2)3)15-10(4)5;1-4-12(2,3)11(14)15-10-7-5-9(13)6-8-10;2*1-3-8(2)9-4-6-10(11)7-5-9;1-4-8(2,3)7(11)12-5-6(9)10/h16-17,19-20,24H,8-15H2,1-7H3;15H,6-12H2,1-5H3;6-10H,4-5H2,1-3H3;9-11H,8H2,1-7H3;5-8,13H,4H2,1-3H3;2*4-8,11H,3H2,1-2H3;4-5H2,1-3H3,(H,9,10). The van der Waals surface area contributed by atoms with Crippen molar-refractivity contribution < 1.29 is 149 Å². The highest BCUT2D eigenvalue weighted by atomic mass is 16.7. The van der Waals surface area contributed by atoms with E-state index in [1.54, 1.807) is 85.1 Å². The van der Waals surface area contributed by atoms with E-state index < -0.39 is 142 Å². The molecule has 0 aromatic heterocycles. The van der Waals surface area contributed by atoms with Crippen LogP contribution in [0.25, 0.3) is 0 Å². The van der Waals surface area contributed by atoms with Crippen LogP contribution in [0.5, 0.6) is 23.0 Å². The van der Waals surface area contributed by atoms with Gasteiger partial charge < -0.3 is 91.5 Å². The molecule has 0 spiro atoms. The quantitative estimate of drug-likeness (QED) is 0.0135. The third kappa shape index (κ3) is 36.1. The predicted octanol–water partition coefficient (Wildman–Crippen LogP) is 21.4. The Morgan fingerprint density at radius 1 is 0.468 bits per heavy atom. The van der Waals surface area contributed by atoms with Crippen molar-refractivity contribution in [2.24, 2.45) is 72.4 Å². The van der Waals surface area contributed by atoms with Gasteiger partial charge in [-0.15, -0.1) is 0 Å². The second-order valence-corrected chi connectivity index (χ2v) is 42.7. The average molecular weight is 1990 g/mol. The van der Waals surface area contributed by atoms with Gasteiger partial charge in [0.05, 0.1) is 50.6 Å². The molecule has 0 amide bonds. The van der Waals surface area contributed by atoms with E-state index in [0.29, 0.717) is 74.2 Å². The van der Waals surface area contributed by atoms with Crippen molar-refractivity contribution in [3.63, 3.8) is 0 Å². The number of methoxy groups -OCH3 is 1. The molecule has 10 rings (SSSR count). The van der Waals surface area contributed by atoms with Crippen LogP contribution in [0.4, 0.5) is 0 Å². The van der Waals surface area contributed by atoms with Gasteiger partial charge in [-0.2, -0.15) is 0 Å². The zero-order valence-electron chi connectivity index (χ0n) is 90.7. The zero-order valence-corrected chi connectivity index (χ0v) is 90.7. The van der Waals surface area contributed by atoms with E-state index in [1.165, 1.54) is 29.7 Å². The summed E-state index contributed by atoms with van der Waals surface area (Å²) < 4.78 is 81.2. The van der Waals surface area contributed by atoms with E-state index >= 15 is 0 Å². The maximum atomic E-state index is 13.6. The highest BCUT2D eigenvalue weighted by Crippen LogP contribution is 2.63. The first-order chi connectivity index (χ1) is 65.7. The minimum absolute atomic E-state index is 0.0601. The lowest BCUT2D eigenvalue weighted by molar-refractivity contribution is -0.223. The van der Waals surface area contributed by atoms with Gasteiger partial charge in [-0.3, -0.25) is 43.2 Å². The van der Waals surface area contributed by atoms with Gasteiger partial charge in [-0.25, -0.2) is 14.4 Å². The van der Waals surface area contributed by atoms with Gasteiger partial charge >= 0.3 is 71.6 Å². The topological polar surface area (TPSA) is 424 Å². The summed E-state index contributed by atoms with van der Waals surface area (Å²) in [5, 5.41) is 35.3. The molecule has 0 radical (unpaired) electrons. The van der Waals surface area contributed by atoms with Crippen LogP contribution in [0.3, 0.4) is 0 Å². The predicted molar refractivity (Wildman–Crippen MR) is 531 cm³/mol. The average Bonchev–Trinajstić information content (AvgIpc) is 1.52. The molecule has 15 unspecified atom stereocenters. The minimum Gasteiger partial charge on any atom is -0.508 e. The van der Waals surface area contributed by atoms with Crippen LogP contribution in [0.15, 0.2) is 72.8 Å². The number of esters is 11. The number of phenols is 3. The lowest BCUT2D eigenvalue weighted by Crippen LogP contribution is -2.49. The Morgan fingerprint density at radius 3 is 1.30 bits per heavy atom. The number of benzene rings is 3. The fourth-order valence-corrected chi connectivity index (χ4v) is 16.0. The summed E-state index contributed by atoms with van der Waals surface area (Å²) in [6.07, 6.45) is 11.1. The van der Waals surface area contributed by atoms with Gasteiger partial charge in [-0.05, 0) is 278 Å². The fourth-order valence-electron chi connectivity index (χ4n) is 16.0. The summed E-state index contributed by atoms with van der Waals surface area (Å²) in [4.78, 5) is 143. The Bertz CT molecular complexity index is 4360. The van der Waals surface area contributed by atoms with Crippen molar-refractivity contribution in [3.05, 3.63) is 83.9 Å². The minimum atomic E-state index is -1.40. The molecule has 3 aromatic rings. The summed E-state index contributed by atoms with van der Waals surface area (Å²) in [5.74, 6) is -3.96. The highest BCUT2D eigenvalue weighted by molar-refractivity contribution is 6.03. The first kappa shape index (κ1) is 126. The number of hydrogen-bond donors (Lipinski definition) is 4. The number of phenolic OH excluding ortho intramolecular Hbond substituents is 3. The first-order valence-corrected chi connectivity index (χ1v) is 50.9. The van der Waals surface area contributed by atoms with Crippen LogP contribution >= 0.6 is 0 Å². The van der Waals surface area contributed by atoms with E-state index in [-0.39, 0.29) is 95.5 Å². The number of rotatable bonds is 40. The number of fused-ring (bicyclic) bond motifs is 2. The molecule has 3 saturated carbocycles. The fraction of sp³-hybridized carbons (Fsp3) is 0.727. The van der Waals surface area contributed by atoms with Crippen molar-refractivity contribution >= 4 is 71.6 Å². The largest absolute Gasteiger partial charge is 0.508 e. The molecule has 7 fully saturated rings. The third-order valence-electron chi connectivity index (χ3n) is 29.3. The summed E-state index contributed by atoms with van der Waals surface area (Å²) in [6, 6.07) is 21.0. The lowest BCUT2D eigenvalue weighted by atomic mass is 9.73. The van der Waals surface area contributed by atoms with E-state index in [9.17, 15) is 57.5 Å². The summed E-state index contributed by atoms with van der Waals surface area (Å²) >= 11 is 0. The Balaban J connectivity index is 0.000000430.